The van der Waals surface area contributed by atoms with Crippen molar-refractivity contribution in [3.05, 3.63) is 59.2 Å². The molecule has 0 saturated heterocycles. The molecule has 0 radical (unpaired) electrons. The minimum atomic E-state index is -3.78. The number of nitrogens with two attached hydrogens (primary N) is 1. The van der Waals surface area contributed by atoms with Gasteiger partial charge in [0.15, 0.2) is 0 Å². The molecule has 146 valence electrons. The molecule has 2 aromatic carbocycles. The number of rotatable bonds is 4. The number of primary sulfonamides is 1. The van der Waals surface area contributed by atoms with E-state index < -0.39 is 28.0 Å². The lowest BCUT2D eigenvalue weighted by Crippen LogP contribution is -2.31. The third-order valence-electron chi connectivity index (χ3n) is 4.40. The van der Waals surface area contributed by atoms with Gasteiger partial charge in [0.25, 0.3) is 11.8 Å². The van der Waals surface area contributed by atoms with Crippen molar-refractivity contribution in [2.75, 3.05) is 12.4 Å². The first-order valence-electron chi connectivity index (χ1n) is 8.24. The molecule has 0 aliphatic carbocycles. The van der Waals surface area contributed by atoms with Crippen molar-refractivity contribution in [1.29, 1.82) is 0 Å². The summed E-state index contributed by atoms with van der Waals surface area (Å²) in [5.74, 6) is -0.806. The van der Waals surface area contributed by atoms with E-state index in [9.17, 15) is 22.8 Å². The Morgan fingerprint density at radius 3 is 2.25 bits per heavy atom. The van der Waals surface area contributed by atoms with Gasteiger partial charge in [-0.2, -0.15) is 0 Å². The van der Waals surface area contributed by atoms with E-state index >= 15 is 0 Å². The van der Waals surface area contributed by atoms with Gasteiger partial charge >= 0.3 is 6.03 Å². The summed E-state index contributed by atoms with van der Waals surface area (Å²) in [6.45, 7) is 1.73. The molecule has 1 heterocycles. The van der Waals surface area contributed by atoms with Gasteiger partial charge in [-0.05, 0) is 42.8 Å². The van der Waals surface area contributed by atoms with E-state index in [1.165, 1.54) is 37.4 Å². The zero-order chi connectivity index (χ0) is 20.6. The Morgan fingerprint density at radius 1 is 1.04 bits per heavy atom. The van der Waals surface area contributed by atoms with Crippen molar-refractivity contribution >= 4 is 33.6 Å². The highest BCUT2D eigenvalue weighted by Gasteiger charge is 2.32. The Balaban J connectivity index is 1.68. The highest BCUT2D eigenvalue weighted by molar-refractivity contribution is 7.89. The third kappa shape index (κ3) is 3.73. The molecule has 1 aliphatic rings. The number of fused-ring (bicyclic) bond motifs is 1. The molecule has 4 amide bonds. The fourth-order valence-corrected chi connectivity index (χ4v) is 3.35. The van der Waals surface area contributed by atoms with Crippen LogP contribution in [0.25, 0.3) is 0 Å². The van der Waals surface area contributed by atoms with Crippen LogP contribution >= 0.6 is 0 Å². The van der Waals surface area contributed by atoms with Gasteiger partial charge in [0.1, 0.15) is 0 Å². The molecular weight excluding hydrogens is 384 g/mol. The van der Waals surface area contributed by atoms with Crippen molar-refractivity contribution in [1.82, 2.24) is 10.2 Å². The van der Waals surface area contributed by atoms with Crippen LogP contribution in [0.5, 0.6) is 0 Å². The van der Waals surface area contributed by atoms with Crippen molar-refractivity contribution in [3.8, 4) is 0 Å². The Bertz CT molecular complexity index is 1080. The summed E-state index contributed by atoms with van der Waals surface area (Å²) in [6.07, 6.45) is 0. The number of carbonyl (C=O) groups excluding carboxylic acids is 3. The second kappa shape index (κ2) is 7.06. The van der Waals surface area contributed by atoms with Crippen molar-refractivity contribution in [2.45, 2.75) is 17.9 Å². The first-order chi connectivity index (χ1) is 13.1. The van der Waals surface area contributed by atoms with Gasteiger partial charge in [-0.1, -0.05) is 12.1 Å². The number of hydrogen-bond acceptors (Lipinski definition) is 5. The number of imide groups is 1. The van der Waals surface area contributed by atoms with Crippen molar-refractivity contribution in [3.63, 3.8) is 0 Å². The highest BCUT2D eigenvalue weighted by atomic mass is 32.2. The van der Waals surface area contributed by atoms with E-state index in [0.29, 0.717) is 16.8 Å². The lowest BCUT2D eigenvalue weighted by atomic mass is 10.1. The summed E-state index contributed by atoms with van der Waals surface area (Å²) in [5, 5.41) is 10.4. The highest BCUT2D eigenvalue weighted by Crippen LogP contribution is 2.25. The number of benzene rings is 2. The number of nitrogens with one attached hydrogen (secondary N) is 2. The quantitative estimate of drug-likeness (QED) is 0.664. The van der Waals surface area contributed by atoms with Crippen molar-refractivity contribution < 1.29 is 22.8 Å². The second-order valence-corrected chi connectivity index (χ2v) is 7.93. The lowest BCUT2D eigenvalue weighted by molar-refractivity contribution is 0.0693. The van der Waals surface area contributed by atoms with E-state index in [4.69, 9.17) is 5.14 Å². The normalized spacial score (nSPS) is 14.6. The van der Waals surface area contributed by atoms with Crippen LogP contribution in [0.1, 0.15) is 39.2 Å². The third-order valence-corrected chi connectivity index (χ3v) is 5.33. The van der Waals surface area contributed by atoms with Gasteiger partial charge in [0, 0.05) is 12.7 Å². The number of nitrogens with zero attached hydrogens (tertiary/aromatic N) is 1. The SMILES string of the molecule is C[C@@H](NC(=O)Nc1ccc2c(c1)C(=O)N(C)C2=O)c1ccc(S(N)(=O)=O)cc1. The van der Waals surface area contributed by atoms with Crippen LogP contribution in [0.4, 0.5) is 10.5 Å². The molecule has 4 N–H and O–H groups in total. The molecule has 2 aromatic rings. The average Bonchev–Trinajstić information content (AvgIpc) is 2.85. The molecular formula is C18H18N4O5S. The fraction of sp³-hybridized carbons (Fsp3) is 0.167. The van der Waals surface area contributed by atoms with Gasteiger partial charge in [-0.15, -0.1) is 0 Å². The van der Waals surface area contributed by atoms with Crippen LogP contribution in [-0.2, 0) is 10.0 Å². The first-order valence-corrected chi connectivity index (χ1v) is 9.79. The van der Waals surface area contributed by atoms with E-state index in [0.717, 1.165) is 4.90 Å². The molecule has 0 spiro atoms. The van der Waals surface area contributed by atoms with Gasteiger partial charge in [-0.25, -0.2) is 18.4 Å². The molecule has 28 heavy (non-hydrogen) atoms. The van der Waals surface area contributed by atoms with Crippen LogP contribution < -0.4 is 15.8 Å². The monoisotopic (exact) mass is 402 g/mol. The molecule has 0 unspecified atom stereocenters. The minimum absolute atomic E-state index is 0.0183. The number of urea groups is 1. The minimum Gasteiger partial charge on any atom is -0.331 e. The summed E-state index contributed by atoms with van der Waals surface area (Å²) in [6, 6.07) is 9.37. The van der Waals surface area contributed by atoms with E-state index in [-0.39, 0.29) is 16.4 Å². The van der Waals surface area contributed by atoms with E-state index in [2.05, 4.69) is 10.6 Å². The van der Waals surface area contributed by atoms with Crippen LogP contribution in [0, 0.1) is 0 Å². The van der Waals surface area contributed by atoms with Crippen LogP contribution in [0.3, 0.4) is 0 Å². The molecule has 0 aromatic heterocycles. The Hall–Kier alpha value is -3.24. The standard InChI is InChI=1S/C18H18N4O5S/c1-10(11-3-6-13(7-4-11)28(19,26)27)20-18(25)21-12-5-8-14-15(9-12)17(24)22(2)16(14)23/h3-10H,1-2H3,(H2,19,26,27)(H2,20,21,25)/t10-/m1/s1. The Morgan fingerprint density at radius 2 is 1.64 bits per heavy atom. The molecule has 0 saturated carbocycles. The maximum absolute atomic E-state index is 12.2. The second-order valence-electron chi connectivity index (χ2n) is 6.36. The van der Waals surface area contributed by atoms with E-state index in [1.807, 2.05) is 0 Å². The lowest BCUT2D eigenvalue weighted by Gasteiger charge is -2.15. The molecule has 0 fully saturated rings. The average molecular weight is 402 g/mol. The zero-order valence-corrected chi connectivity index (χ0v) is 15.9. The van der Waals surface area contributed by atoms with Crippen LogP contribution in [-0.4, -0.2) is 38.2 Å². The van der Waals surface area contributed by atoms with Crippen LogP contribution in [0.2, 0.25) is 0 Å². The summed E-state index contributed by atoms with van der Waals surface area (Å²) in [5.41, 5.74) is 1.57. The largest absolute Gasteiger partial charge is 0.331 e. The van der Waals surface area contributed by atoms with Crippen molar-refractivity contribution in [2.24, 2.45) is 5.14 Å². The predicted octanol–water partition coefficient (Wildman–Crippen LogP) is 1.44. The Kier molecular flexibility index (Phi) is 4.92. The maximum atomic E-state index is 12.2. The fourth-order valence-electron chi connectivity index (χ4n) is 2.83. The molecule has 9 nitrogen and oxygen atoms in total. The molecule has 1 atom stereocenters. The number of hydrogen-bond donors (Lipinski definition) is 3. The van der Waals surface area contributed by atoms with Gasteiger partial charge in [0.2, 0.25) is 10.0 Å². The first kappa shape index (κ1) is 19.5. The van der Waals surface area contributed by atoms with E-state index in [1.54, 1.807) is 19.1 Å². The predicted molar refractivity (Wildman–Crippen MR) is 101 cm³/mol. The number of amides is 4. The van der Waals surface area contributed by atoms with Gasteiger partial charge < -0.3 is 10.6 Å². The zero-order valence-electron chi connectivity index (χ0n) is 15.1. The number of sulfonamides is 1. The topological polar surface area (TPSA) is 139 Å². The van der Waals surface area contributed by atoms with Gasteiger partial charge in [0.05, 0.1) is 22.1 Å². The number of anilines is 1. The Labute approximate surface area is 161 Å². The number of carbonyl (C=O) groups is 3. The summed E-state index contributed by atoms with van der Waals surface area (Å²) >= 11 is 0. The molecule has 1 aliphatic heterocycles. The molecule has 0 bridgehead atoms. The molecule has 10 heteroatoms. The summed E-state index contributed by atoms with van der Waals surface area (Å²) in [7, 11) is -2.38. The summed E-state index contributed by atoms with van der Waals surface area (Å²) in [4.78, 5) is 37.1. The van der Waals surface area contributed by atoms with Gasteiger partial charge in [-0.3, -0.25) is 14.5 Å². The molecule has 3 rings (SSSR count). The van der Waals surface area contributed by atoms with Crippen LogP contribution in [0.15, 0.2) is 47.4 Å². The smallest absolute Gasteiger partial charge is 0.319 e. The summed E-state index contributed by atoms with van der Waals surface area (Å²) < 4.78 is 22.6. The maximum Gasteiger partial charge on any atom is 0.319 e.